The summed E-state index contributed by atoms with van der Waals surface area (Å²) in [7, 11) is 0. The van der Waals surface area contributed by atoms with Gasteiger partial charge in [0.2, 0.25) is 5.91 Å². The highest BCUT2D eigenvalue weighted by Crippen LogP contribution is 2.35. The van der Waals surface area contributed by atoms with Crippen LogP contribution in [0.3, 0.4) is 0 Å². The maximum Gasteiger partial charge on any atom is 0.227 e. The fourth-order valence-electron chi connectivity index (χ4n) is 3.94. The molecule has 0 aliphatic carbocycles. The molecule has 1 atom stereocenters. The Labute approximate surface area is 177 Å². The number of nitrogens with zero attached hydrogens (tertiary/aromatic N) is 5. The number of pyridine rings is 2. The van der Waals surface area contributed by atoms with E-state index < -0.39 is 0 Å². The first-order chi connectivity index (χ1) is 14.4. The van der Waals surface area contributed by atoms with Gasteiger partial charge in [-0.05, 0) is 42.7 Å². The van der Waals surface area contributed by atoms with E-state index in [1.165, 1.54) is 0 Å². The standard InChI is InChI=1S/C24H27N5O/c1-24(2,3)23(30)29-14-6-7-18(16-29)21-19(17-9-12-25-13-10-17)15-27-22(28-21)20-8-4-5-11-26-20/h4-5,8-13,15,18H,6-7,14,16H2,1-3H3. The topological polar surface area (TPSA) is 71.9 Å². The molecule has 0 radical (unpaired) electrons. The molecule has 1 saturated heterocycles. The molecule has 0 N–H and O–H groups in total. The van der Waals surface area contributed by atoms with Crippen molar-refractivity contribution >= 4 is 5.91 Å². The average molecular weight is 402 g/mol. The van der Waals surface area contributed by atoms with Crippen LogP contribution in [-0.2, 0) is 4.79 Å². The molecule has 1 aliphatic heterocycles. The van der Waals surface area contributed by atoms with Crippen molar-refractivity contribution in [3.8, 4) is 22.6 Å². The zero-order valence-electron chi connectivity index (χ0n) is 17.7. The van der Waals surface area contributed by atoms with Crippen molar-refractivity contribution in [3.63, 3.8) is 0 Å². The van der Waals surface area contributed by atoms with Crippen LogP contribution in [0.1, 0.15) is 45.2 Å². The SMILES string of the molecule is CC(C)(C)C(=O)N1CCCC(c2nc(-c3ccccn3)ncc2-c2ccncc2)C1. The van der Waals surface area contributed by atoms with Crippen LogP contribution in [-0.4, -0.2) is 43.8 Å². The predicted molar refractivity (Wildman–Crippen MR) is 117 cm³/mol. The highest BCUT2D eigenvalue weighted by atomic mass is 16.2. The molecule has 1 fully saturated rings. The molecule has 1 unspecified atom stereocenters. The van der Waals surface area contributed by atoms with E-state index in [9.17, 15) is 4.79 Å². The van der Waals surface area contributed by atoms with Gasteiger partial charge in [0, 0.05) is 54.8 Å². The summed E-state index contributed by atoms with van der Waals surface area (Å²) in [5, 5.41) is 0. The van der Waals surface area contributed by atoms with Crippen molar-refractivity contribution in [2.45, 2.75) is 39.5 Å². The largest absolute Gasteiger partial charge is 0.342 e. The summed E-state index contributed by atoms with van der Waals surface area (Å²) < 4.78 is 0. The van der Waals surface area contributed by atoms with Crippen molar-refractivity contribution in [1.82, 2.24) is 24.8 Å². The number of aromatic nitrogens is 4. The second-order valence-electron chi connectivity index (χ2n) is 8.78. The van der Waals surface area contributed by atoms with E-state index in [0.29, 0.717) is 12.4 Å². The number of amides is 1. The van der Waals surface area contributed by atoms with Gasteiger partial charge in [-0.3, -0.25) is 14.8 Å². The van der Waals surface area contributed by atoms with Gasteiger partial charge in [-0.25, -0.2) is 9.97 Å². The van der Waals surface area contributed by atoms with Crippen LogP contribution in [0.25, 0.3) is 22.6 Å². The molecule has 30 heavy (non-hydrogen) atoms. The number of carbonyl (C=O) groups is 1. The van der Waals surface area contributed by atoms with E-state index in [-0.39, 0.29) is 17.2 Å². The monoisotopic (exact) mass is 401 g/mol. The van der Waals surface area contributed by atoms with Gasteiger partial charge >= 0.3 is 0 Å². The average Bonchev–Trinajstić information content (AvgIpc) is 2.79. The van der Waals surface area contributed by atoms with Crippen molar-refractivity contribution in [2.24, 2.45) is 5.41 Å². The first kappa shape index (κ1) is 20.1. The Morgan fingerprint density at radius 2 is 1.87 bits per heavy atom. The van der Waals surface area contributed by atoms with E-state index in [2.05, 4.69) is 15.0 Å². The summed E-state index contributed by atoms with van der Waals surface area (Å²) >= 11 is 0. The minimum Gasteiger partial charge on any atom is -0.342 e. The van der Waals surface area contributed by atoms with Gasteiger partial charge in [-0.15, -0.1) is 0 Å². The number of rotatable bonds is 3. The predicted octanol–water partition coefficient (Wildman–Crippen LogP) is 4.35. The van der Waals surface area contributed by atoms with Gasteiger partial charge in [-0.1, -0.05) is 26.8 Å². The smallest absolute Gasteiger partial charge is 0.227 e. The van der Waals surface area contributed by atoms with Crippen LogP contribution >= 0.6 is 0 Å². The van der Waals surface area contributed by atoms with Crippen LogP contribution in [0.5, 0.6) is 0 Å². The van der Waals surface area contributed by atoms with E-state index in [1.807, 2.05) is 62.2 Å². The first-order valence-corrected chi connectivity index (χ1v) is 10.4. The van der Waals surface area contributed by atoms with E-state index >= 15 is 0 Å². The highest BCUT2D eigenvalue weighted by molar-refractivity contribution is 5.81. The highest BCUT2D eigenvalue weighted by Gasteiger charge is 2.33. The van der Waals surface area contributed by atoms with E-state index in [0.717, 1.165) is 41.9 Å². The van der Waals surface area contributed by atoms with Gasteiger partial charge in [-0.2, -0.15) is 0 Å². The maximum atomic E-state index is 12.9. The fraction of sp³-hybridized carbons (Fsp3) is 0.375. The second-order valence-corrected chi connectivity index (χ2v) is 8.78. The number of likely N-dealkylation sites (tertiary alicyclic amines) is 1. The van der Waals surface area contributed by atoms with Crippen LogP contribution in [0.15, 0.2) is 55.1 Å². The first-order valence-electron chi connectivity index (χ1n) is 10.4. The lowest BCUT2D eigenvalue weighted by atomic mass is 9.87. The molecule has 3 aromatic heterocycles. The van der Waals surface area contributed by atoms with Crippen LogP contribution in [0.2, 0.25) is 0 Å². The second kappa shape index (κ2) is 8.30. The Morgan fingerprint density at radius 3 is 2.57 bits per heavy atom. The summed E-state index contributed by atoms with van der Waals surface area (Å²) in [5.41, 5.74) is 3.36. The number of carbonyl (C=O) groups excluding carboxylic acids is 1. The Kier molecular flexibility index (Phi) is 5.57. The molecule has 6 heteroatoms. The number of hydrogen-bond donors (Lipinski definition) is 0. The van der Waals surface area contributed by atoms with Crippen LogP contribution < -0.4 is 0 Å². The van der Waals surface area contributed by atoms with Crippen molar-refractivity contribution in [3.05, 3.63) is 60.8 Å². The lowest BCUT2D eigenvalue weighted by Gasteiger charge is -2.36. The quantitative estimate of drug-likeness (QED) is 0.652. The summed E-state index contributed by atoms with van der Waals surface area (Å²) in [6.45, 7) is 7.41. The Bertz CT molecular complexity index is 1010. The zero-order valence-corrected chi connectivity index (χ0v) is 17.7. The summed E-state index contributed by atoms with van der Waals surface area (Å²) in [6, 6.07) is 9.69. The molecule has 1 amide bonds. The van der Waals surface area contributed by atoms with Gasteiger partial charge in [0.15, 0.2) is 5.82 Å². The molecular formula is C24H27N5O. The molecule has 0 bridgehead atoms. The molecule has 1 aliphatic rings. The molecule has 0 aromatic carbocycles. The van der Waals surface area contributed by atoms with Gasteiger partial charge < -0.3 is 4.90 Å². The zero-order chi connectivity index (χ0) is 21.1. The Hall–Kier alpha value is -3.15. The van der Waals surface area contributed by atoms with Crippen molar-refractivity contribution in [1.29, 1.82) is 0 Å². The fourth-order valence-corrected chi connectivity index (χ4v) is 3.94. The summed E-state index contributed by atoms with van der Waals surface area (Å²) in [5.74, 6) is 0.957. The molecular weight excluding hydrogens is 374 g/mol. The van der Waals surface area contributed by atoms with Crippen molar-refractivity contribution in [2.75, 3.05) is 13.1 Å². The van der Waals surface area contributed by atoms with Crippen LogP contribution in [0, 0.1) is 5.41 Å². The van der Waals surface area contributed by atoms with Crippen LogP contribution in [0.4, 0.5) is 0 Å². The van der Waals surface area contributed by atoms with E-state index in [1.54, 1.807) is 18.6 Å². The normalized spacial score (nSPS) is 17.0. The third kappa shape index (κ3) is 4.22. The Balaban J connectivity index is 1.75. The third-order valence-corrected chi connectivity index (χ3v) is 5.44. The maximum absolute atomic E-state index is 12.9. The molecule has 4 rings (SSSR count). The third-order valence-electron chi connectivity index (χ3n) is 5.44. The summed E-state index contributed by atoms with van der Waals surface area (Å²) in [4.78, 5) is 33.0. The molecule has 154 valence electrons. The van der Waals surface area contributed by atoms with Crippen molar-refractivity contribution < 1.29 is 4.79 Å². The van der Waals surface area contributed by atoms with Gasteiger partial charge in [0.1, 0.15) is 5.69 Å². The minimum absolute atomic E-state index is 0.152. The van der Waals surface area contributed by atoms with Gasteiger partial charge in [0.25, 0.3) is 0 Å². The number of piperidine rings is 1. The van der Waals surface area contributed by atoms with E-state index in [4.69, 9.17) is 4.98 Å². The summed E-state index contributed by atoms with van der Waals surface area (Å²) in [6.07, 6.45) is 9.14. The molecule has 6 nitrogen and oxygen atoms in total. The minimum atomic E-state index is -0.388. The lowest BCUT2D eigenvalue weighted by molar-refractivity contribution is -0.140. The number of hydrogen-bond acceptors (Lipinski definition) is 5. The Morgan fingerprint density at radius 1 is 1.07 bits per heavy atom. The molecule has 3 aromatic rings. The molecule has 4 heterocycles. The molecule has 0 spiro atoms. The molecule has 0 saturated carbocycles. The van der Waals surface area contributed by atoms with Gasteiger partial charge in [0.05, 0.1) is 5.69 Å². The lowest BCUT2D eigenvalue weighted by Crippen LogP contribution is -2.44.